The third-order valence-corrected chi connectivity index (χ3v) is 2.66. The van der Waals surface area contributed by atoms with Crippen LogP contribution < -0.4 is 5.32 Å². The van der Waals surface area contributed by atoms with Gasteiger partial charge in [-0.05, 0) is 6.42 Å². The highest BCUT2D eigenvalue weighted by Gasteiger charge is 2.29. The van der Waals surface area contributed by atoms with Gasteiger partial charge in [0.1, 0.15) is 0 Å². The number of rotatable bonds is 5. The van der Waals surface area contributed by atoms with Crippen LogP contribution in [0.2, 0.25) is 0 Å². The van der Waals surface area contributed by atoms with Crippen molar-refractivity contribution >= 4 is 18.0 Å². The summed E-state index contributed by atoms with van der Waals surface area (Å²) < 4.78 is 9.75. The number of nitrogens with one attached hydrogen (secondary N) is 1. The summed E-state index contributed by atoms with van der Waals surface area (Å²) in [5, 5.41) is 11.1. The second-order valence-electron chi connectivity index (χ2n) is 4.06. The smallest absolute Gasteiger partial charge is 0.336 e. The number of carboxylic acids is 1. The molecule has 0 aromatic rings. The SMILES string of the molecule is COC(=O)C1CN(C(=O)NCCCC(=O)O)CCO1. The van der Waals surface area contributed by atoms with Gasteiger partial charge in [0, 0.05) is 19.5 Å². The van der Waals surface area contributed by atoms with Crippen molar-refractivity contribution in [2.24, 2.45) is 0 Å². The fraction of sp³-hybridized carbons (Fsp3) is 0.727. The van der Waals surface area contributed by atoms with E-state index in [9.17, 15) is 14.4 Å². The molecule has 0 radical (unpaired) electrons. The van der Waals surface area contributed by atoms with E-state index < -0.39 is 18.0 Å². The lowest BCUT2D eigenvalue weighted by Gasteiger charge is -2.31. The van der Waals surface area contributed by atoms with Gasteiger partial charge in [0.05, 0.1) is 20.3 Å². The number of esters is 1. The number of hydrogen-bond acceptors (Lipinski definition) is 5. The molecule has 0 aromatic carbocycles. The summed E-state index contributed by atoms with van der Waals surface area (Å²) in [4.78, 5) is 34.8. The minimum Gasteiger partial charge on any atom is -0.481 e. The number of nitrogens with zero attached hydrogens (tertiary/aromatic N) is 1. The van der Waals surface area contributed by atoms with Gasteiger partial charge in [0.2, 0.25) is 0 Å². The molecular weight excluding hydrogens is 256 g/mol. The first-order chi connectivity index (χ1) is 9.04. The number of methoxy groups -OCH3 is 1. The summed E-state index contributed by atoms with van der Waals surface area (Å²) in [6.07, 6.45) is -0.386. The standard InChI is InChI=1S/C11H18N2O6/c1-18-10(16)8-7-13(5-6-19-8)11(17)12-4-2-3-9(14)15/h8H,2-7H2,1H3,(H,12,17)(H,14,15). The summed E-state index contributed by atoms with van der Waals surface area (Å²) in [7, 11) is 1.26. The minimum atomic E-state index is -0.897. The van der Waals surface area contributed by atoms with Gasteiger partial charge in [-0.25, -0.2) is 9.59 Å². The molecule has 0 bridgehead atoms. The van der Waals surface area contributed by atoms with E-state index >= 15 is 0 Å². The van der Waals surface area contributed by atoms with Crippen LogP contribution in [0.15, 0.2) is 0 Å². The zero-order valence-electron chi connectivity index (χ0n) is 10.8. The van der Waals surface area contributed by atoms with Crippen LogP contribution in [0.5, 0.6) is 0 Å². The minimum absolute atomic E-state index is 0.00811. The topological polar surface area (TPSA) is 105 Å². The predicted octanol–water partition coefficient (Wildman–Crippen LogP) is -0.565. The Labute approximate surface area is 110 Å². The van der Waals surface area contributed by atoms with Gasteiger partial charge in [-0.3, -0.25) is 4.79 Å². The first-order valence-corrected chi connectivity index (χ1v) is 5.98. The number of carbonyl (C=O) groups excluding carboxylic acids is 2. The van der Waals surface area contributed by atoms with E-state index in [0.717, 1.165) is 0 Å². The zero-order valence-corrected chi connectivity index (χ0v) is 10.8. The van der Waals surface area contributed by atoms with Gasteiger partial charge in [-0.1, -0.05) is 0 Å². The van der Waals surface area contributed by atoms with Crippen LogP contribution >= 0.6 is 0 Å². The van der Waals surface area contributed by atoms with E-state index in [1.807, 2.05) is 0 Å². The number of morpholine rings is 1. The van der Waals surface area contributed by atoms with Crippen molar-refractivity contribution in [1.29, 1.82) is 0 Å². The van der Waals surface area contributed by atoms with Gasteiger partial charge in [-0.2, -0.15) is 0 Å². The Bertz CT molecular complexity index is 346. The number of urea groups is 1. The van der Waals surface area contributed by atoms with Gasteiger partial charge >= 0.3 is 18.0 Å². The maximum Gasteiger partial charge on any atom is 0.336 e. The second-order valence-corrected chi connectivity index (χ2v) is 4.06. The third-order valence-electron chi connectivity index (χ3n) is 2.66. The normalized spacial score (nSPS) is 18.8. The van der Waals surface area contributed by atoms with Gasteiger partial charge in [-0.15, -0.1) is 0 Å². The molecule has 2 amide bonds. The Morgan fingerprint density at radius 2 is 2.21 bits per heavy atom. The van der Waals surface area contributed by atoms with Gasteiger partial charge < -0.3 is 24.8 Å². The van der Waals surface area contributed by atoms with Crippen molar-refractivity contribution < 1.29 is 29.0 Å². The molecule has 2 N–H and O–H groups in total. The van der Waals surface area contributed by atoms with Crippen molar-refractivity contribution in [1.82, 2.24) is 10.2 Å². The number of amides is 2. The second kappa shape index (κ2) is 7.57. The van der Waals surface area contributed by atoms with Crippen molar-refractivity contribution in [2.45, 2.75) is 18.9 Å². The van der Waals surface area contributed by atoms with Gasteiger partial charge in [0.15, 0.2) is 6.10 Å². The molecule has 0 aromatic heterocycles. The highest BCUT2D eigenvalue weighted by atomic mass is 16.6. The first kappa shape index (κ1) is 15.2. The average molecular weight is 274 g/mol. The quantitative estimate of drug-likeness (QED) is 0.514. The molecule has 1 rings (SSSR count). The number of carboxylic acid groups (broad SMARTS) is 1. The van der Waals surface area contributed by atoms with Crippen molar-refractivity contribution in [3.8, 4) is 0 Å². The fourth-order valence-corrected chi connectivity index (χ4v) is 1.65. The van der Waals surface area contributed by atoms with Crippen molar-refractivity contribution in [2.75, 3.05) is 33.4 Å². The monoisotopic (exact) mass is 274 g/mol. The average Bonchev–Trinajstić information content (AvgIpc) is 2.42. The molecule has 19 heavy (non-hydrogen) atoms. The molecule has 0 saturated carbocycles. The lowest BCUT2D eigenvalue weighted by atomic mass is 10.3. The van der Waals surface area contributed by atoms with Crippen LogP contribution in [-0.2, 0) is 19.1 Å². The van der Waals surface area contributed by atoms with E-state index in [1.54, 1.807) is 0 Å². The largest absolute Gasteiger partial charge is 0.481 e. The first-order valence-electron chi connectivity index (χ1n) is 5.98. The zero-order chi connectivity index (χ0) is 14.3. The van der Waals surface area contributed by atoms with Crippen molar-refractivity contribution in [3.05, 3.63) is 0 Å². The maximum atomic E-state index is 11.8. The summed E-state index contributed by atoms with van der Waals surface area (Å²) in [6, 6.07) is -0.331. The number of hydrogen-bond donors (Lipinski definition) is 2. The third kappa shape index (κ3) is 5.12. The van der Waals surface area contributed by atoms with Crippen LogP contribution in [0.1, 0.15) is 12.8 Å². The fourth-order valence-electron chi connectivity index (χ4n) is 1.65. The lowest BCUT2D eigenvalue weighted by Crippen LogP contribution is -2.52. The van der Waals surface area contributed by atoms with E-state index in [1.165, 1.54) is 12.0 Å². The molecule has 0 aliphatic carbocycles. The number of aliphatic carboxylic acids is 1. The summed E-state index contributed by atoms with van der Waals surface area (Å²) in [5.41, 5.74) is 0. The summed E-state index contributed by atoms with van der Waals surface area (Å²) in [5.74, 6) is -1.41. The van der Waals surface area contributed by atoms with Crippen molar-refractivity contribution in [3.63, 3.8) is 0 Å². The van der Waals surface area contributed by atoms with E-state index in [-0.39, 0.29) is 32.1 Å². The molecule has 1 aliphatic heterocycles. The number of carbonyl (C=O) groups is 3. The Morgan fingerprint density at radius 1 is 1.47 bits per heavy atom. The Morgan fingerprint density at radius 3 is 2.84 bits per heavy atom. The molecule has 8 nitrogen and oxygen atoms in total. The van der Waals surface area contributed by atoms with E-state index in [4.69, 9.17) is 9.84 Å². The molecule has 108 valence electrons. The Balaban J connectivity index is 2.31. The van der Waals surface area contributed by atoms with Crippen LogP contribution in [0.25, 0.3) is 0 Å². The lowest BCUT2D eigenvalue weighted by molar-refractivity contribution is -0.158. The van der Waals surface area contributed by atoms with Gasteiger partial charge in [0.25, 0.3) is 0 Å². The molecule has 1 atom stereocenters. The Hall–Kier alpha value is -1.83. The Kier molecular flexibility index (Phi) is 6.07. The van der Waals surface area contributed by atoms with E-state index in [0.29, 0.717) is 13.0 Å². The molecule has 1 heterocycles. The summed E-state index contributed by atoms with van der Waals surface area (Å²) >= 11 is 0. The predicted molar refractivity (Wildman–Crippen MR) is 63.6 cm³/mol. The molecule has 1 aliphatic rings. The number of ether oxygens (including phenoxy) is 2. The molecule has 8 heteroatoms. The summed E-state index contributed by atoms with van der Waals surface area (Å²) in [6.45, 7) is 1.07. The van der Waals surface area contributed by atoms with Crippen LogP contribution in [-0.4, -0.2) is 67.4 Å². The van der Waals surface area contributed by atoms with E-state index in [2.05, 4.69) is 10.1 Å². The maximum absolute atomic E-state index is 11.8. The van der Waals surface area contributed by atoms with Crippen LogP contribution in [0.3, 0.4) is 0 Å². The molecule has 1 fully saturated rings. The highest BCUT2D eigenvalue weighted by Crippen LogP contribution is 2.06. The highest BCUT2D eigenvalue weighted by molar-refractivity contribution is 5.78. The molecule has 1 unspecified atom stereocenters. The van der Waals surface area contributed by atoms with Crippen LogP contribution in [0.4, 0.5) is 4.79 Å². The molecule has 1 saturated heterocycles. The van der Waals surface area contributed by atoms with Crippen LogP contribution in [0, 0.1) is 0 Å². The molecule has 0 spiro atoms. The molecular formula is C11H18N2O6.